The summed E-state index contributed by atoms with van der Waals surface area (Å²) in [5, 5.41) is 0. The average molecular weight is 393 g/mol. The molecule has 0 fully saturated rings. The van der Waals surface area contributed by atoms with Gasteiger partial charge in [0, 0.05) is 29.9 Å². The molecule has 0 spiro atoms. The molecule has 29 heavy (non-hydrogen) atoms. The number of fused-ring (bicyclic) bond motifs is 1. The maximum atomic E-state index is 12.5. The van der Waals surface area contributed by atoms with Crippen molar-refractivity contribution in [2.24, 2.45) is 0 Å². The van der Waals surface area contributed by atoms with Crippen molar-refractivity contribution in [3.63, 3.8) is 0 Å². The number of para-hydroxylation sites is 1. The van der Waals surface area contributed by atoms with Crippen molar-refractivity contribution in [2.45, 2.75) is 39.2 Å². The molecule has 5 nitrogen and oxygen atoms in total. The molecular weight excluding hydrogens is 366 g/mol. The fraction of sp³-hybridized carbons (Fsp3) is 0.333. The Kier molecular flexibility index (Phi) is 5.78. The van der Waals surface area contributed by atoms with Crippen LogP contribution in [0.1, 0.15) is 43.6 Å². The molecule has 0 unspecified atom stereocenters. The molecule has 0 atom stereocenters. The number of carbonyl (C=O) groups excluding carboxylic acids is 2. The molecule has 0 aromatic heterocycles. The number of nitrogens with zero attached hydrogens (tertiary/aromatic N) is 1. The number of anilines is 1. The van der Waals surface area contributed by atoms with Crippen molar-refractivity contribution in [3.05, 3.63) is 71.4 Å². The van der Waals surface area contributed by atoms with Gasteiger partial charge in [0.2, 0.25) is 0 Å². The molecule has 152 valence electrons. The van der Waals surface area contributed by atoms with Gasteiger partial charge in [-0.1, -0.05) is 32.0 Å². The fourth-order valence-electron chi connectivity index (χ4n) is 3.61. The first-order valence-electron chi connectivity index (χ1n) is 9.72. The molecule has 2 aromatic rings. The predicted octanol–water partition coefficient (Wildman–Crippen LogP) is 4.51. The van der Waals surface area contributed by atoms with Crippen molar-refractivity contribution in [2.75, 3.05) is 18.6 Å². The number of benzene rings is 2. The van der Waals surface area contributed by atoms with Crippen molar-refractivity contribution >= 4 is 17.4 Å². The van der Waals surface area contributed by atoms with Gasteiger partial charge in [0.1, 0.15) is 5.75 Å². The average Bonchev–Trinajstić information content (AvgIpc) is 2.87. The number of ether oxygens (including phenoxy) is 2. The van der Waals surface area contributed by atoms with Crippen LogP contribution in [0.25, 0.3) is 0 Å². The smallest absolute Gasteiger partial charge is 0.338 e. The summed E-state index contributed by atoms with van der Waals surface area (Å²) >= 11 is 0. The zero-order valence-corrected chi connectivity index (χ0v) is 17.6. The van der Waals surface area contributed by atoms with E-state index in [1.165, 1.54) is 5.56 Å². The SMILES string of the molecule is CC(C)Oc1ccc(C(=O)OCC(=O)/C=C2/N(C)c3ccccc3C2(C)C)cc1. The summed E-state index contributed by atoms with van der Waals surface area (Å²) in [7, 11) is 1.94. The first-order valence-corrected chi connectivity index (χ1v) is 9.72. The van der Waals surface area contributed by atoms with E-state index in [9.17, 15) is 9.59 Å². The minimum atomic E-state index is -0.532. The third kappa shape index (κ3) is 4.34. The molecule has 0 N–H and O–H groups in total. The van der Waals surface area contributed by atoms with Crippen LogP contribution in [0.3, 0.4) is 0 Å². The Morgan fingerprint density at radius 2 is 1.72 bits per heavy atom. The van der Waals surface area contributed by atoms with E-state index in [4.69, 9.17) is 9.47 Å². The van der Waals surface area contributed by atoms with E-state index in [1.54, 1.807) is 30.3 Å². The topological polar surface area (TPSA) is 55.8 Å². The van der Waals surface area contributed by atoms with E-state index in [1.807, 2.05) is 44.0 Å². The lowest BCUT2D eigenvalue weighted by Gasteiger charge is -2.23. The highest BCUT2D eigenvalue weighted by molar-refractivity contribution is 5.96. The van der Waals surface area contributed by atoms with Crippen LogP contribution in [0.5, 0.6) is 5.75 Å². The van der Waals surface area contributed by atoms with Crippen LogP contribution in [-0.2, 0) is 14.9 Å². The molecule has 1 aliphatic rings. The Labute approximate surface area is 171 Å². The van der Waals surface area contributed by atoms with Crippen LogP contribution in [0.2, 0.25) is 0 Å². The van der Waals surface area contributed by atoms with Crippen LogP contribution in [0, 0.1) is 0 Å². The van der Waals surface area contributed by atoms with Crippen LogP contribution < -0.4 is 9.64 Å². The molecule has 0 saturated heterocycles. The number of likely N-dealkylation sites (N-methyl/N-ethyl adjacent to an activating group) is 1. The third-order valence-corrected chi connectivity index (χ3v) is 5.05. The van der Waals surface area contributed by atoms with E-state index < -0.39 is 5.97 Å². The van der Waals surface area contributed by atoms with E-state index in [-0.39, 0.29) is 23.9 Å². The second-order valence-corrected chi connectivity index (χ2v) is 7.96. The van der Waals surface area contributed by atoms with Crippen molar-refractivity contribution < 1.29 is 19.1 Å². The van der Waals surface area contributed by atoms with E-state index in [0.717, 1.165) is 11.4 Å². The summed E-state index contributed by atoms with van der Waals surface area (Å²) in [4.78, 5) is 26.8. The largest absolute Gasteiger partial charge is 0.491 e. The summed E-state index contributed by atoms with van der Waals surface area (Å²) in [5.74, 6) is -0.0977. The molecule has 0 amide bonds. The monoisotopic (exact) mass is 393 g/mol. The molecular formula is C24H27NO4. The Bertz CT molecular complexity index is 942. The number of ketones is 1. The molecule has 0 saturated carbocycles. The zero-order valence-electron chi connectivity index (χ0n) is 17.6. The van der Waals surface area contributed by atoms with Crippen LogP contribution in [-0.4, -0.2) is 31.5 Å². The van der Waals surface area contributed by atoms with Gasteiger partial charge in [-0.3, -0.25) is 4.79 Å². The van der Waals surface area contributed by atoms with Gasteiger partial charge in [-0.15, -0.1) is 0 Å². The Morgan fingerprint density at radius 1 is 1.07 bits per heavy atom. The number of rotatable bonds is 6. The number of esters is 1. The third-order valence-electron chi connectivity index (χ3n) is 5.05. The maximum Gasteiger partial charge on any atom is 0.338 e. The Hall–Kier alpha value is -3.08. The summed E-state index contributed by atoms with van der Waals surface area (Å²) in [6, 6.07) is 14.8. The minimum absolute atomic E-state index is 0.0579. The lowest BCUT2D eigenvalue weighted by molar-refractivity contribution is -0.117. The van der Waals surface area contributed by atoms with E-state index >= 15 is 0 Å². The highest BCUT2D eigenvalue weighted by Gasteiger charge is 2.38. The van der Waals surface area contributed by atoms with Gasteiger partial charge < -0.3 is 14.4 Å². The molecule has 1 heterocycles. The molecule has 0 aliphatic carbocycles. The van der Waals surface area contributed by atoms with Gasteiger partial charge in [0.15, 0.2) is 12.4 Å². The van der Waals surface area contributed by atoms with Gasteiger partial charge in [-0.2, -0.15) is 0 Å². The molecule has 3 rings (SSSR count). The first kappa shape index (κ1) is 20.6. The molecule has 0 bridgehead atoms. The summed E-state index contributed by atoms with van der Waals surface area (Å²) in [6.45, 7) is 7.74. The second kappa shape index (κ2) is 8.11. The quantitative estimate of drug-likeness (QED) is 0.534. The number of allylic oxidation sites excluding steroid dienone is 1. The van der Waals surface area contributed by atoms with Crippen LogP contribution in [0.15, 0.2) is 60.3 Å². The molecule has 1 aliphatic heterocycles. The van der Waals surface area contributed by atoms with E-state index in [2.05, 4.69) is 19.9 Å². The lowest BCUT2D eigenvalue weighted by atomic mass is 9.83. The van der Waals surface area contributed by atoms with Crippen molar-refractivity contribution in [1.29, 1.82) is 0 Å². The highest BCUT2D eigenvalue weighted by Crippen LogP contribution is 2.46. The molecule has 2 aromatic carbocycles. The van der Waals surface area contributed by atoms with Gasteiger partial charge in [-0.05, 0) is 49.7 Å². The summed E-state index contributed by atoms with van der Waals surface area (Å²) in [5.41, 5.74) is 3.22. The molecule has 5 heteroatoms. The Morgan fingerprint density at radius 3 is 2.34 bits per heavy atom. The Balaban J connectivity index is 1.65. The number of carbonyl (C=O) groups is 2. The number of hydrogen-bond acceptors (Lipinski definition) is 5. The fourth-order valence-corrected chi connectivity index (χ4v) is 3.61. The highest BCUT2D eigenvalue weighted by atomic mass is 16.5. The first-order chi connectivity index (χ1) is 13.7. The van der Waals surface area contributed by atoms with Crippen LogP contribution in [0.4, 0.5) is 5.69 Å². The number of hydrogen-bond donors (Lipinski definition) is 0. The minimum Gasteiger partial charge on any atom is -0.491 e. The van der Waals surface area contributed by atoms with Crippen molar-refractivity contribution in [3.8, 4) is 5.75 Å². The van der Waals surface area contributed by atoms with Crippen LogP contribution >= 0.6 is 0 Å². The summed E-state index contributed by atoms with van der Waals surface area (Å²) in [6.07, 6.45) is 1.63. The maximum absolute atomic E-state index is 12.5. The zero-order chi connectivity index (χ0) is 21.2. The predicted molar refractivity (Wildman–Crippen MR) is 113 cm³/mol. The van der Waals surface area contributed by atoms with Gasteiger partial charge in [0.05, 0.1) is 11.7 Å². The molecule has 0 radical (unpaired) electrons. The second-order valence-electron chi connectivity index (χ2n) is 7.96. The van der Waals surface area contributed by atoms with Crippen molar-refractivity contribution in [1.82, 2.24) is 0 Å². The van der Waals surface area contributed by atoms with Gasteiger partial charge in [-0.25, -0.2) is 4.79 Å². The van der Waals surface area contributed by atoms with E-state index in [0.29, 0.717) is 11.3 Å². The standard InChI is InChI=1S/C24H27NO4/c1-16(2)29-19-12-10-17(11-13-19)23(27)28-15-18(26)14-22-24(3,4)20-8-6-7-9-21(20)25(22)5/h6-14,16H,15H2,1-5H3/b22-14+. The van der Waals surface area contributed by atoms with Gasteiger partial charge in [0.25, 0.3) is 0 Å². The summed E-state index contributed by atoms with van der Waals surface area (Å²) < 4.78 is 10.8. The normalized spacial score (nSPS) is 16.1. The van der Waals surface area contributed by atoms with Gasteiger partial charge >= 0.3 is 5.97 Å². The lowest BCUT2D eigenvalue weighted by Crippen LogP contribution is -2.25.